The van der Waals surface area contributed by atoms with E-state index in [1.807, 2.05) is 28.8 Å². The van der Waals surface area contributed by atoms with Crippen LogP contribution < -0.4 is 0 Å². The Labute approximate surface area is 162 Å². The second-order valence-corrected chi connectivity index (χ2v) is 9.17. The average molecular weight is 410 g/mol. The highest BCUT2D eigenvalue weighted by molar-refractivity contribution is 7.89. The summed E-state index contributed by atoms with van der Waals surface area (Å²) >= 11 is 12.3. The van der Waals surface area contributed by atoms with Gasteiger partial charge in [-0.2, -0.15) is 4.31 Å². The zero-order valence-corrected chi connectivity index (χ0v) is 16.4. The molecule has 2 aromatic heterocycles. The van der Waals surface area contributed by atoms with E-state index < -0.39 is 10.0 Å². The maximum absolute atomic E-state index is 13.3. The first kappa shape index (κ1) is 17.8. The van der Waals surface area contributed by atoms with Gasteiger partial charge in [0.25, 0.3) is 0 Å². The molecule has 0 N–H and O–H groups in total. The maximum Gasteiger partial charge on any atom is 0.245 e. The molecule has 0 atom stereocenters. The third-order valence-electron chi connectivity index (χ3n) is 4.57. The van der Waals surface area contributed by atoms with Crippen molar-refractivity contribution in [2.45, 2.75) is 37.2 Å². The average Bonchev–Trinajstić information content (AvgIpc) is 3.36. The first-order valence-electron chi connectivity index (χ1n) is 8.26. The van der Waals surface area contributed by atoms with Crippen molar-refractivity contribution in [1.29, 1.82) is 0 Å². The smallest absolute Gasteiger partial charge is 0.245 e. The molecule has 2 heterocycles. The van der Waals surface area contributed by atoms with E-state index in [-0.39, 0.29) is 22.5 Å². The number of benzene rings is 1. The predicted octanol–water partition coefficient (Wildman–Crippen LogP) is 4.30. The quantitative estimate of drug-likeness (QED) is 0.630. The second-order valence-electron chi connectivity index (χ2n) is 6.49. The molecule has 0 unspecified atom stereocenters. The van der Waals surface area contributed by atoms with Gasteiger partial charge in [0.15, 0.2) is 0 Å². The van der Waals surface area contributed by atoms with E-state index in [1.54, 1.807) is 19.2 Å². The fraction of sp³-hybridized carbons (Fsp3) is 0.278. The summed E-state index contributed by atoms with van der Waals surface area (Å²) in [6.45, 7) is 2.01. The van der Waals surface area contributed by atoms with Crippen LogP contribution >= 0.6 is 23.2 Å². The number of hydrogen-bond donors (Lipinski definition) is 0. The molecule has 26 heavy (non-hydrogen) atoms. The number of fused-ring (bicyclic) bond motifs is 1. The molecule has 3 aromatic rings. The highest BCUT2D eigenvalue weighted by atomic mass is 35.5. The molecular weight excluding hydrogens is 393 g/mol. The number of halogens is 2. The first-order chi connectivity index (χ1) is 12.4. The summed E-state index contributed by atoms with van der Waals surface area (Å²) in [5.74, 6) is 0. The molecule has 8 heteroatoms. The molecular formula is C18H17Cl2N3O2S. The summed E-state index contributed by atoms with van der Waals surface area (Å²) in [7, 11) is -3.75. The third kappa shape index (κ3) is 3.11. The fourth-order valence-electron chi connectivity index (χ4n) is 2.99. The maximum atomic E-state index is 13.3. The molecule has 0 spiro atoms. The van der Waals surface area contributed by atoms with E-state index in [0.29, 0.717) is 10.6 Å². The monoisotopic (exact) mass is 409 g/mol. The number of hydrogen-bond acceptors (Lipinski definition) is 3. The van der Waals surface area contributed by atoms with Crippen LogP contribution in [0.3, 0.4) is 0 Å². The highest BCUT2D eigenvalue weighted by Gasteiger charge is 2.39. The zero-order chi connectivity index (χ0) is 18.5. The van der Waals surface area contributed by atoms with Crippen LogP contribution in [0, 0.1) is 6.92 Å². The van der Waals surface area contributed by atoms with Gasteiger partial charge in [-0.15, -0.1) is 0 Å². The molecule has 0 amide bonds. The van der Waals surface area contributed by atoms with E-state index in [9.17, 15) is 8.42 Å². The van der Waals surface area contributed by atoms with Gasteiger partial charge in [-0.25, -0.2) is 13.4 Å². The standard InChI is InChI=1S/C18H17Cl2N3O2S/c1-12-8-17(16(20)9-15(12)19)26(24,25)23(13-5-6-13)11-14-10-21-18-4-2-3-7-22(14)18/h2-4,7-10,13H,5-6,11H2,1H3. The summed E-state index contributed by atoms with van der Waals surface area (Å²) in [6, 6.07) is 8.71. The van der Waals surface area contributed by atoms with Crippen LogP contribution in [0.4, 0.5) is 0 Å². The van der Waals surface area contributed by atoms with E-state index in [0.717, 1.165) is 24.2 Å². The Morgan fingerprint density at radius 3 is 2.73 bits per heavy atom. The van der Waals surface area contributed by atoms with Gasteiger partial charge >= 0.3 is 0 Å². The Hall–Kier alpha value is -1.60. The normalized spacial score (nSPS) is 15.1. The van der Waals surface area contributed by atoms with Crippen LogP contribution in [0.5, 0.6) is 0 Å². The zero-order valence-electron chi connectivity index (χ0n) is 14.1. The molecule has 1 saturated carbocycles. The van der Waals surface area contributed by atoms with Gasteiger partial charge in [0.1, 0.15) is 10.5 Å². The van der Waals surface area contributed by atoms with E-state index in [1.165, 1.54) is 10.4 Å². The van der Waals surface area contributed by atoms with Crippen LogP contribution in [0.2, 0.25) is 10.0 Å². The van der Waals surface area contributed by atoms with Gasteiger partial charge in [-0.1, -0.05) is 29.3 Å². The van der Waals surface area contributed by atoms with Crippen molar-refractivity contribution in [3.8, 4) is 0 Å². The number of rotatable bonds is 5. The van der Waals surface area contributed by atoms with E-state index in [4.69, 9.17) is 23.2 Å². The van der Waals surface area contributed by atoms with Crippen LogP contribution in [-0.4, -0.2) is 28.1 Å². The van der Waals surface area contributed by atoms with Gasteiger partial charge in [-0.05, 0) is 49.6 Å². The van der Waals surface area contributed by atoms with E-state index in [2.05, 4.69) is 4.98 Å². The Morgan fingerprint density at radius 1 is 1.23 bits per heavy atom. The molecule has 1 fully saturated rings. The van der Waals surface area contributed by atoms with Crippen molar-refractivity contribution in [1.82, 2.24) is 13.7 Å². The van der Waals surface area contributed by atoms with Crippen molar-refractivity contribution in [3.63, 3.8) is 0 Å². The first-order valence-corrected chi connectivity index (χ1v) is 10.5. The largest absolute Gasteiger partial charge is 0.303 e. The summed E-state index contributed by atoms with van der Waals surface area (Å²) < 4.78 is 30.1. The minimum Gasteiger partial charge on any atom is -0.303 e. The molecule has 4 rings (SSSR count). The molecule has 1 aliphatic rings. The van der Waals surface area contributed by atoms with Crippen molar-refractivity contribution in [3.05, 3.63) is 64.0 Å². The molecule has 1 aliphatic carbocycles. The van der Waals surface area contributed by atoms with Crippen LogP contribution in [-0.2, 0) is 16.6 Å². The molecule has 0 radical (unpaired) electrons. The molecule has 136 valence electrons. The summed E-state index contributed by atoms with van der Waals surface area (Å²) in [4.78, 5) is 4.45. The number of pyridine rings is 1. The highest BCUT2D eigenvalue weighted by Crippen LogP contribution is 2.37. The summed E-state index contributed by atoms with van der Waals surface area (Å²) in [6.07, 6.45) is 5.30. The number of imidazole rings is 1. The van der Waals surface area contributed by atoms with Gasteiger partial charge in [-0.3, -0.25) is 0 Å². The lowest BCUT2D eigenvalue weighted by Gasteiger charge is -2.22. The van der Waals surface area contributed by atoms with Crippen LogP contribution in [0.15, 0.2) is 47.6 Å². The molecule has 5 nitrogen and oxygen atoms in total. The number of nitrogens with zero attached hydrogens (tertiary/aromatic N) is 3. The Balaban J connectivity index is 1.76. The van der Waals surface area contributed by atoms with Crippen LogP contribution in [0.25, 0.3) is 5.65 Å². The van der Waals surface area contributed by atoms with Gasteiger partial charge in [0.05, 0.1) is 23.5 Å². The predicted molar refractivity (Wildman–Crippen MR) is 102 cm³/mol. The fourth-order valence-corrected chi connectivity index (χ4v) is 5.45. The number of aryl methyl sites for hydroxylation is 1. The van der Waals surface area contributed by atoms with Crippen LogP contribution in [0.1, 0.15) is 24.1 Å². The summed E-state index contributed by atoms with van der Waals surface area (Å²) in [5.41, 5.74) is 2.29. The molecule has 0 bridgehead atoms. The number of aromatic nitrogens is 2. The minimum absolute atomic E-state index is 0.0127. The van der Waals surface area contributed by atoms with Crippen molar-refractivity contribution >= 4 is 38.9 Å². The third-order valence-corrected chi connectivity index (χ3v) is 7.34. The van der Waals surface area contributed by atoms with Crippen molar-refractivity contribution in [2.75, 3.05) is 0 Å². The van der Waals surface area contributed by atoms with Gasteiger partial charge in [0.2, 0.25) is 10.0 Å². The lowest BCUT2D eigenvalue weighted by atomic mass is 10.2. The minimum atomic E-state index is -3.75. The lowest BCUT2D eigenvalue weighted by molar-refractivity contribution is 0.393. The van der Waals surface area contributed by atoms with Gasteiger partial charge in [0, 0.05) is 17.3 Å². The van der Waals surface area contributed by atoms with E-state index >= 15 is 0 Å². The Bertz CT molecular complexity index is 1090. The Morgan fingerprint density at radius 2 is 2.00 bits per heavy atom. The lowest BCUT2D eigenvalue weighted by Crippen LogP contribution is -2.33. The summed E-state index contributed by atoms with van der Waals surface area (Å²) in [5, 5.41) is 0.595. The second kappa shape index (κ2) is 6.53. The topological polar surface area (TPSA) is 54.7 Å². The van der Waals surface area contributed by atoms with Gasteiger partial charge < -0.3 is 4.40 Å². The number of sulfonamides is 1. The van der Waals surface area contributed by atoms with Crippen molar-refractivity contribution < 1.29 is 8.42 Å². The molecule has 0 saturated heterocycles. The molecule has 0 aliphatic heterocycles. The SMILES string of the molecule is Cc1cc(S(=O)(=O)N(Cc2cnc3ccccn23)C2CC2)c(Cl)cc1Cl. The Kier molecular flexibility index (Phi) is 4.47. The molecule has 1 aromatic carbocycles. The van der Waals surface area contributed by atoms with Crippen molar-refractivity contribution in [2.24, 2.45) is 0 Å².